The van der Waals surface area contributed by atoms with Crippen LogP contribution >= 0.6 is 0 Å². The summed E-state index contributed by atoms with van der Waals surface area (Å²) < 4.78 is 11.1. The predicted octanol–water partition coefficient (Wildman–Crippen LogP) is 2.54. The Morgan fingerprint density at radius 1 is 1.20 bits per heavy atom. The number of nitrogens with one attached hydrogen (secondary N) is 2. The van der Waals surface area contributed by atoms with Crippen molar-refractivity contribution >= 4 is 11.7 Å². The standard InChI is InChI=1S/C19H20N2O4/c1-11-17-13(3-2-4-14(17)22)21-18(11)19(23)20-10-12-5-6-15-16(9-12)25-8-7-24-15/h5-6,9,21H,2-4,7-8,10H2,1H3,(H,20,23). The van der Waals surface area contributed by atoms with Gasteiger partial charge in [-0.25, -0.2) is 0 Å². The molecule has 0 fully saturated rings. The maximum absolute atomic E-state index is 12.5. The van der Waals surface area contributed by atoms with E-state index in [1.54, 1.807) is 0 Å². The van der Waals surface area contributed by atoms with Gasteiger partial charge in [0.1, 0.15) is 18.9 Å². The number of benzene rings is 1. The van der Waals surface area contributed by atoms with E-state index >= 15 is 0 Å². The molecule has 2 aliphatic rings. The normalized spacial score (nSPS) is 15.6. The van der Waals surface area contributed by atoms with Crippen LogP contribution in [0.5, 0.6) is 11.5 Å². The number of aryl methyl sites for hydroxylation is 1. The first kappa shape index (κ1) is 15.7. The minimum atomic E-state index is -0.199. The maximum Gasteiger partial charge on any atom is 0.268 e. The van der Waals surface area contributed by atoms with Gasteiger partial charge in [-0.1, -0.05) is 6.07 Å². The summed E-state index contributed by atoms with van der Waals surface area (Å²) in [4.78, 5) is 27.8. The molecule has 6 nitrogen and oxygen atoms in total. The Morgan fingerprint density at radius 3 is 2.80 bits per heavy atom. The summed E-state index contributed by atoms with van der Waals surface area (Å²) in [5.41, 5.74) is 3.76. The van der Waals surface area contributed by atoms with Gasteiger partial charge in [-0.05, 0) is 43.0 Å². The van der Waals surface area contributed by atoms with Crippen LogP contribution in [-0.2, 0) is 13.0 Å². The zero-order valence-corrected chi connectivity index (χ0v) is 14.1. The Labute approximate surface area is 145 Å². The number of amides is 1. The van der Waals surface area contributed by atoms with Crippen LogP contribution in [0.25, 0.3) is 0 Å². The number of hydrogen-bond acceptors (Lipinski definition) is 4. The van der Waals surface area contributed by atoms with Crippen molar-refractivity contribution in [1.29, 1.82) is 0 Å². The molecule has 0 saturated carbocycles. The Morgan fingerprint density at radius 2 is 2.00 bits per heavy atom. The van der Waals surface area contributed by atoms with Crippen molar-refractivity contribution in [3.63, 3.8) is 0 Å². The average molecular weight is 340 g/mol. The second-order valence-corrected chi connectivity index (χ2v) is 6.42. The minimum Gasteiger partial charge on any atom is -0.486 e. The number of H-pyrrole nitrogens is 1. The first-order valence-corrected chi connectivity index (χ1v) is 8.55. The number of hydrogen-bond donors (Lipinski definition) is 2. The lowest BCUT2D eigenvalue weighted by molar-refractivity contribution is 0.0944. The van der Waals surface area contributed by atoms with Gasteiger partial charge in [-0.3, -0.25) is 9.59 Å². The van der Waals surface area contributed by atoms with Crippen LogP contribution in [0, 0.1) is 6.92 Å². The van der Waals surface area contributed by atoms with Crippen LogP contribution in [0.3, 0.4) is 0 Å². The van der Waals surface area contributed by atoms with E-state index in [9.17, 15) is 9.59 Å². The summed E-state index contributed by atoms with van der Waals surface area (Å²) in [6, 6.07) is 5.64. The first-order chi connectivity index (χ1) is 12.1. The minimum absolute atomic E-state index is 0.126. The smallest absolute Gasteiger partial charge is 0.268 e. The van der Waals surface area contributed by atoms with Gasteiger partial charge >= 0.3 is 0 Å². The number of aromatic nitrogens is 1. The van der Waals surface area contributed by atoms with Crippen molar-refractivity contribution in [2.24, 2.45) is 0 Å². The molecule has 6 heteroatoms. The average Bonchev–Trinajstić information content (AvgIpc) is 2.97. The van der Waals surface area contributed by atoms with Gasteiger partial charge in [0, 0.05) is 24.2 Å². The van der Waals surface area contributed by atoms with Crippen molar-refractivity contribution in [3.05, 3.63) is 46.3 Å². The molecule has 4 rings (SSSR count). The molecule has 0 unspecified atom stereocenters. The number of aromatic amines is 1. The van der Waals surface area contributed by atoms with Gasteiger partial charge in [0.05, 0.1) is 0 Å². The Balaban J connectivity index is 1.49. The second kappa shape index (κ2) is 6.27. The van der Waals surface area contributed by atoms with Crippen molar-refractivity contribution < 1.29 is 19.1 Å². The molecule has 2 N–H and O–H groups in total. The van der Waals surface area contributed by atoms with E-state index in [1.165, 1.54) is 0 Å². The molecule has 2 heterocycles. The van der Waals surface area contributed by atoms with Gasteiger partial charge in [-0.2, -0.15) is 0 Å². The van der Waals surface area contributed by atoms with E-state index in [2.05, 4.69) is 10.3 Å². The van der Waals surface area contributed by atoms with Gasteiger partial charge in [0.25, 0.3) is 5.91 Å². The third-order valence-electron chi connectivity index (χ3n) is 4.72. The first-order valence-electron chi connectivity index (χ1n) is 8.55. The van der Waals surface area contributed by atoms with Crippen LogP contribution < -0.4 is 14.8 Å². The molecule has 1 aliphatic carbocycles. The lowest BCUT2D eigenvalue weighted by Crippen LogP contribution is -2.24. The zero-order valence-electron chi connectivity index (χ0n) is 14.1. The summed E-state index contributed by atoms with van der Waals surface area (Å²) in [5.74, 6) is 1.36. The second-order valence-electron chi connectivity index (χ2n) is 6.42. The van der Waals surface area contributed by atoms with Crippen LogP contribution in [0.1, 0.15) is 50.5 Å². The highest BCUT2D eigenvalue weighted by Gasteiger charge is 2.26. The topological polar surface area (TPSA) is 80.4 Å². The van der Waals surface area contributed by atoms with E-state index < -0.39 is 0 Å². The molecule has 130 valence electrons. The SMILES string of the molecule is Cc1c(C(=O)NCc2ccc3c(c2)OCCO3)[nH]c2c1C(=O)CCC2. The van der Waals surface area contributed by atoms with Crippen LogP contribution in [-0.4, -0.2) is 29.9 Å². The molecule has 0 bridgehead atoms. The van der Waals surface area contributed by atoms with Crippen molar-refractivity contribution in [3.8, 4) is 11.5 Å². The summed E-state index contributed by atoms with van der Waals surface area (Å²) >= 11 is 0. The summed E-state index contributed by atoms with van der Waals surface area (Å²) in [6.45, 7) is 3.30. The Hall–Kier alpha value is -2.76. The van der Waals surface area contributed by atoms with E-state index in [-0.39, 0.29) is 11.7 Å². The number of carbonyl (C=O) groups excluding carboxylic acids is 2. The summed E-state index contributed by atoms with van der Waals surface area (Å²) in [5, 5.41) is 2.91. The van der Waals surface area contributed by atoms with Crippen molar-refractivity contribution in [2.75, 3.05) is 13.2 Å². The van der Waals surface area contributed by atoms with Gasteiger partial charge in [-0.15, -0.1) is 0 Å². The Bertz CT molecular complexity index is 853. The number of ether oxygens (including phenoxy) is 2. The number of Topliss-reactive ketones (excluding diaryl/α,β-unsaturated/α-hetero) is 1. The third-order valence-corrected chi connectivity index (χ3v) is 4.72. The highest BCUT2D eigenvalue weighted by molar-refractivity contribution is 6.04. The molecular weight excluding hydrogens is 320 g/mol. The van der Waals surface area contributed by atoms with Crippen molar-refractivity contribution in [2.45, 2.75) is 32.7 Å². The molecule has 1 amide bonds. The van der Waals surface area contributed by atoms with Gasteiger partial charge < -0.3 is 19.8 Å². The van der Waals surface area contributed by atoms with Crippen LogP contribution in [0.4, 0.5) is 0 Å². The molecule has 1 aromatic heterocycles. The van der Waals surface area contributed by atoms with E-state index in [1.807, 2.05) is 25.1 Å². The summed E-state index contributed by atoms with van der Waals surface area (Å²) in [6.07, 6.45) is 2.21. The van der Waals surface area contributed by atoms with Gasteiger partial charge in [0.2, 0.25) is 0 Å². The molecule has 0 saturated heterocycles. The number of fused-ring (bicyclic) bond motifs is 2. The number of carbonyl (C=O) groups is 2. The molecular formula is C19H20N2O4. The Kier molecular flexibility index (Phi) is 3.95. The third kappa shape index (κ3) is 2.88. The quantitative estimate of drug-likeness (QED) is 0.900. The largest absolute Gasteiger partial charge is 0.486 e. The molecule has 1 aliphatic heterocycles. The molecule has 0 spiro atoms. The fourth-order valence-corrected chi connectivity index (χ4v) is 3.47. The van der Waals surface area contributed by atoms with Crippen LogP contribution in [0.15, 0.2) is 18.2 Å². The van der Waals surface area contributed by atoms with Crippen molar-refractivity contribution in [1.82, 2.24) is 10.3 Å². The summed E-state index contributed by atoms with van der Waals surface area (Å²) in [7, 11) is 0. The highest BCUT2D eigenvalue weighted by atomic mass is 16.6. The molecule has 0 atom stereocenters. The van der Waals surface area contributed by atoms with E-state index in [0.717, 1.165) is 35.4 Å². The molecule has 2 aromatic rings. The van der Waals surface area contributed by atoms with E-state index in [0.29, 0.717) is 43.2 Å². The number of ketones is 1. The van der Waals surface area contributed by atoms with Gasteiger partial charge in [0.15, 0.2) is 17.3 Å². The van der Waals surface area contributed by atoms with Crippen LogP contribution in [0.2, 0.25) is 0 Å². The fraction of sp³-hybridized carbons (Fsp3) is 0.368. The highest BCUT2D eigenvalue weighted by Crippen LogP contribution is 2.31. The predicted molar refractivity (Wildman–Crippen MR) is 91.4 cm³/mol. The monoisotopic (exact) mass is 340 g/mol. The number of rotatable bonds is 3. The lowest BCUT2D eigenvalue weighted by Gasteiger charge is -2.19. The maximum atomic E-state index is 12.5. The lowest BCUT2D eigenvalue weighted by atomic mass is 9.94. The molecule has 1 aromatic carbocycles. The molecule has 25 heavy (non-hydrogen) atoms. The zero-order chi connectivity index (χ0) is 17.4. The van der Waals surface area contributed by atoms with E-state index in [4.69, 9.17) is 9.47 Å². The fourth-order valence-electron chi connectivity index (χ4n) is 3.47. The molecule has 0 radical (unpaired) electrons.